The molecule has 0 nitrogen and oxygen atoms in total. The average molecular weight is 350 g/mol. The molecule has 1 heterocycles. The van der Waals surface area contributed by atoms with Crippen molar-refractivity contribution >= 4 is 23.0 Å². The van der Waals surface area contributed by atoms with Crippen LogP contribution in [0.4, 0.5) is 0 Å². The average Bonchev–Trinajstić information content (AvgIpc) is 3.36. The van der Waals surface area contributed by atoms with Crippen molar-refractivity contribution in [2.75, 3.05) is 0 Å². The van der Waals surface area contributed by atoms with Crippen LogP contribution in [0, 0.1) is 0 Å². The van der Waals surface area contributed by atoms with E-state index in [9.17, 15) is 0 Å². The fourth-order valence-corrected chi connectivity index (χ4v) is 4.69. The third-order valence-corrected chi connectivity index (χ3v) is 6.17. The van der Waals surface area contributed by atoms with Crippen LogP contribution in [0.25, 0.3) is 33.2 Å². The first-order valence-corrected chi connectivity index (χ1v) is 9.74. The van der Waals surface area contributed by atoms with E-state index in [-0.39, 0.29) is 0 Å². The third kappa shape index (κ3) is 2.71. The summed E-state index contributed by atoms with van der Waals surface area (Å²) in [7, 11) is 0. The highest BCUT2D eigenvalue weighted by molar-refractivity contribution is 7.16. The minimum Gasteiger partial charge on any atom is -0.136 e. The Morgan fingerprint density at radius 3 is 2.04 bits per heavy atom. The van der Waals surface area contributed by atoms with Crippen molar-refractivity contribution in [3.05, 3.63) is 107 Å². The first-order valence-electron chi connectivity index (χ1n) is 8.92. The van der Waals surface area contributed by atoms with Crippen LogP contribution in [0.15, 0.2) is 91.0 Å². The van der Waals surface area contributed by atoms with E-state index in [1.54, 1.807) is 0 Å². The molecule has 4 aromatic rings. The summed E-state index contributed by atoms with van der Waals surface area (Å²) in [5, 5.41) is 0. The van der Waals surface area contributed by atoms with Gasteiger partial charge in [-0.3, -0.25) is 0 Å². The van der Waals surface area contributed by atoms with Crippen LogP contribution >= 0.6 is 11.3 Å². The predicted molar refractivity (Wildman–Crippen MR) is 113 cm³/mol. The molecule has 1 heteroatoms. The molecule has 0 unspecified atom stereocenters. The zero-order valence-corrected chi connectivity index (χ0v) is 15.2. The topological polar surface area (TPSA) is 0 Å². The Balaban J connectivity index is 1.53. The van der Waals surface area contributed by atoms with E-state index in [0.29, 0.717) is 0 Å². The molecular weight excluding hydrogens is 332 g/mol. The molecule has 1 aliphatic carbocycles. The van der Waals surface area contributed by atoms with Gasteiger partial charge in [0.1, 0.15) is 0 Å². The lowest BCUT2D eigenvalue weighted by atomic mass is 9.97. The molecule has 0 atom stereocenters. The Kier molecular flexibility index (Phi) is 3.80. The van der Waals surface area contributed by atoms with Crippen molar-refractivity contribution < 1.29 is 0 Å². The van der Waals surface area contributed by atoms with Crippen LogP contribution < -0.4 is 0 Å². The summed E-state index contributed by atoms with van der Waals surface area (Å²) in [6.45, 7) is 0. The summed E-state index contributed by atoms with van der Waals surface area (Å²) in [4.78, 5) is 2.71. The van der Waals surface area contributed by atoms with Crippen molar-refractivity contribution in [2.24, 2.45) is 0 Å². The molecule has 0 amide bonds. The zero-order chi connectivity index (χ0) is 17.3. The largest absolute Gasteiger partial charge is 0.136 e. The van der Waals surface area contributed by atoms with Crippen LogP contribution in [-0.4, -0.2) is 0 Å². The van der Waals surface area contributed by atoms with Crippen molar-refractivity contribution in [1.29, 1.82) is 0 Å². The monoisotopic (exact) mass is 350 g/mol. The second-order valence-electron chi connectivity index (χ2n) is 6.62. The molecule has 0 aliphatic heterocycles. The van der Waals surface area contributed by atoms with Gasteiger partial charge in [0.2, 0.25) is 0 Å². The SMILES string of the molecule is C1=C(c2ccc(-c3ccccc3)s2)Cc2cccc(-c3ccccc3)c21. The third-order valence-electron chi connectivity index (χ3n) is 4.96. The molecule has 0 N–H and O–H groups in total. The maximum Gasteiger partial charge on any atom is 0.0349 e. The molecule has 3 aromatic carbocycles. The van der Waals surface area contributed by atoms with E-state index >= 15 is 0 Å². The van der Waals surface area contributed by atoms with Gasteiger partial charge in [-0.15, -0.1) is 11.3 Å². The lowest BCUT2D eigenvalue weighted by Gasteiger charge is -2.07. The van der Waals surface area contributed by atoms with Gasteiger partial charge >= 0.3 is 0 Å². The molecule has 0 saturated carbocycles. The molecular formula is C25H18S. The smallest absolute Gasteiger partial charge is 0.0349 e. The van der Waals surface area contributed by atoms with Crippen LogP contribution in [0.5, 0.6) is 0 Å². The van der Waals surface area contributed by atoms with Gasteiger partial charge < -0.3 is 0 Å². The second-order valence-corrected chi connectivity index (χ2v) is 7.70. The Morgan fingerprint density at radius 2 is 1.27 bits per heavy atom. The second kappa shape index (κ2) is 6.44. The zero-order valence-electron chi connectivity index (χ0n) is 14.4. The first kappa shape index (κ1) is 15.4. The highest BCUT2D eigenvalue weighted by Gasteiger charge is 2.18. The van der Waals surface area contributed by atoms with E-state index in [1.807, 2.05) is 11.3 Å². The molecule has 5 rings (SSSR count). The van der Waals surface area contributed by atoms with Crippen LogP contribution in [0.2, 0.25) is 0 Å². The van der Waals surface area contributed by atoms with Gasteiger partial charge in [0.25, 0.3) is 0 Å². The van der Waals surface area contributed by atoms with Gasteiger partial charge in [-0.1, -0.05) is 78.9 Å². The molecule has 1 aliphatic rings. The van der Waals surface area contributed by atoms with Crippen molar-refractivity contribution in [2.45, 2.75) is 6.42 Å². The van der Waals surface area contributed by atoms with Crippen molar-refractivity contribution in [1.82, 2.24) is 0 Å². The van der Waals surface area contributed by atoms with Gasteiger partial charge in [-0.05, 0) is 58.0 Å². The summed E-state index contributed by atoms with van der Waals surface area (Å²) in [5.41, 5.74) is 8.15. The molecule has 1 aromatic heterocycles. The Morgan fingerprint density at radius 1 is 0.577 bits per heavy atom. The van der Waals surface area contributed by atoms with Crippen LogP contribution in [0.1, 0.15) is 16.0 Å². The normalized spacial score (nSPS) is 12.7. The molecule has 0 bridgehead atoms. The summed E-state index contributed by atoms with van der Waals surface area (Å²) < 4.78 is 0. The quantitative estimate of drug-likeness (QED) is 0.367. The molecule has 0 saturated heterocycles. The lowest BCUT2D eigenvalue weighted by Crippen LogP contribution is -1.86. The highest BCUT2D eigenvalue weighted by atomic mass is 32.1. The Hall–Kier alpha value is -2.90. The maximum absolute atomic E-state index is 2.39. The Bertz CT molecular complexity index is 1090. The number of benzene rings is 3. The minimum absolute atomic E-state index is 1.02. The van der Waals surface area contributed by atoms with E-state index in [0.717, 1.165) is 6.42 Å². The van der Waals surface area contributed by atoms with Gasteiger partial charge in [0.15, 0.2) is 0 Å². The van der Waals surface area contributed by atoms with Crippen LogP contribution in [-0.2, 0) is 6.42 Å². The number of allylic oxidation sites excluding steroid dienone is 1. The van der Waals surface area contributed by atoms with Gasteiger partial charge in [-0.2, -0.15) is 0 Å². The number of rotatable bonds is 3. The fraction of sp³-hybridized carbons (Fsp3) is 0.0400. The fourth-order valence-electron chi connectivity index (χ4n) is 3.66. The van der Waals surface area contributed by atoms with Crippen molar-refractivity contribution in [3.63, 3.8) is 0 Å². The standard InChI is InChI=1S/C25H18S/c1-3-8-18(9-4-1)22-13-7-12-20-16-21(17-23(20)22)25-15-14-24(26-25)19-10-5-2-6-11-19/h1-15,17H,16H2. The summed E-state index contributed by atoms with van der Waals surface area (Å²) in [6.07, 6.45) is 3.41. The maximum atomic E-state index is 2.39. The molecule has 0 spiro atoms. The number of fused-ring (bicyclic) bond motifs is 1. The highest BCUT2D eigenvalue weighted by Crippen LogP contribution is 2.40. The van der Waals surface area contributed by atoms with Gasteiger partial charge in [0, 0.05) is 9.75 Å². The molecule has 124 valence electrons. The van der Waals surface area contributed by atoms with E-state index in [1.165, 1.54) is 43.1 Å². The summed E-state index contributed by atoms with van der Waals surface area (Å²) in [5.74, 6) is 0. The Labute approximate surface area is 158 Å². The molecule has 0 radical (unpaired) electrons. The minimum atomic E-state index is 1.02. The predicted octanol–water partition coefficient (Wildman–Crippen LogP) is 7.18. The molecule has 26 heavy (non-hydrogen) atoms. The van der Waals surface area contributed by atoms with Gasteiger partial charge in [-0.25, -0.2) is 0 Å². The summed E-state index contributed by atoms with van der Waals surface area (Å²) >= 11 is 1.89. The lowest BCUT2D eigenvalue weighted by molar-refractivity contribution is 1.33. The first-order chi connectivity index (χ1) is 12.9. The van der Waals surface area contributed by atoms with Gasteiger partial charge in [0.05, 0.1) is 0 Å². The van der Waals surface area contributed by atoms with E-state index in [2.05, 4.69) is 97.1 Å². The number of hydrogen-bond donors (Lipinski definition) is 0. The summed E-state index contributed by atoms with van der Waals surface area (Å²) in [6, 6.07) is 32.5. The van der Waals surface area contributed by atoms with E-state index < -0.39 is 0 Å². The van der Waals surface area contributed by atoms with Crippen molar-refractivity contribution in [3.8, 4) is 21.6 Å². The van der Waals surface area contributed by atoms with Crippen LogP contribution in [0.3, 0.4) is 0 Å². The number of hydrogen-bond acceptors (Lipinski definition) is 1. The number of thiophene rings is 1. The molecule has 0 fully saturated rings. The van der Waals surface area contributed by atoms with E-state index in [4.69, 9.17) is 0 Å².